The molecule has 5 nitrogen and oxygen atoms in total. The number of hydrogen-bond donors (Lipinski definition) is 1. The van der Waals surface area contributed by atoms with Gasteiger partial charge in [0.2, 0.25) is 0 Å². The molecule has 1 unspecified atom stereocenters. The van der Waals surface area contributed by atoms with Crippen LogP contribution in [0.4, 0.5) is 10.5 Å². The highest BCUT2D eigenvalue weighted by atomic mass is 16.6. The molecule has 5 heteroatoms. The van der Waals surface area contributed by atoms with E-state index < -0.39 is 0 Å². The normalized spacial score (nSPS) is 19.2. The second kappa shape index (κ2) is 6.43. The molecule has 1 amide bonds. The Hall–Kier alpha value is -1.75. The lowest BCUT2D eigenvalue weighted by atomic mass is 10.0. The second-order valence-electron chi connectivity index (χ2n) is 4.64. The Kier molecular flexibility index (Phi) is 4.63. The number of nitrogens with one attached hydrogen (secondary N) is 1. The number of cyclic esters (lactones) is 1. The zero-order valence-electron chi connectivity index (χ0n) is 11.4. The zero-order valence-corrected chi connectivity index (χ0v) is 11.4. The molecule has 0 aliphatic carbocycles. The van der Waals surface area contributed by atoms with E-state index >= 15 is 0 Å². The summed E-state index contributed by atoms with van der Waals surface area (Å²) >= 11 is 0. The molecule has 1 aliphatic heterocycles. The smallest absolute Gasteiger partial charge is 0.414 e. The highest BCUT2D eigenvalue weighted by Gasteiger charge is 2.27. The van der Waals surface area contributed by atoms with Crippen molar-refractivity contribution in [3.8, 4) is 5.75 Å². The van der Waals surface area contributed by atoms with Crippen molar-refractivity contribution in [2.75, 3.05) is 38.8 Å². The van der Waals surface area contributed by atoms with Gasteiger partial charge in [-0.25, -0.2) is 4.79 Å². The number of ether oxygens (including phenoxy) is 2. The molecule has 104 valence electrons. The maximum absolute atomic E-state index is 11.8. The number of anilines is 1. The highest BCUT2D eigenvalue weighted by molar-refractivity contribution is 5.88. The van der Waals surface area contributed by atoms with Gasteiger partial charge >= 0.3 is 6.09 Å². The quantitative estimate of drug-likeness (QED) is 0.882. The predicted octanol–water partition coefficient (Wildman–Crippen LogP) is 1.88. The number of amides is 1. The largest absolute Gasteiger partial charge is 0.497 e. The molecular weight excluding hydrogens is 244 g/mol. The summed E-state index contributed by atoms with van der Waals surface area (Å²) in [6, 6.07) is 7.45. The maximum Gasteiger partial charge on any atom is 0.414 e. The number of carbonyl (C=O) groups excluding carboxylic acids is 1. The summed E-state index contributed by atoms with van der Waals surface area (Å²) in [7, 11) is 3.55. The van der Waals surface area contributed by atoms with E-state index in [2.05, 4.69) is 5.32 Å². The fourth-order valence-electron chi connectivity index (χ4n) is 2.15. The Labute approximate surface area is 113 Å². The lowest BCUT2D eigenvalue weighted by Crippen LogP contribution is -2.43. The third kappa shape index (κ3) is 3.38. The molecule has 1 fully saturated rings. The molecule has 1 aromatic carbocycles. The van der Waals surface area contributed by atoms with E-state index in [1.165, 1.54) is 0 Å². The van der Waals surface area contributed by atoms with Crippen LogP contribution in [0.3, 0.4) is 0 Å². The van der Waals surface area contributed by atoms with Crippen molar-refractivity contribution >= 4 is 11.8 Å². The first-order chi connectivity index (χ1) is 9.24. The first-order valence-electron chi connectivity index (χ1n) is 6.47. The van der Waals surface area contributed by atoms with Crippen molar-refractivity contribution in [1.29, 1.82) is 0 Å². The van der Waals surface area contributed by atoms with Crippen LogP contribution < -0.4 is 15.0 Å². The van der Waals surface area contributed by atoms with Crippen molar-refractivity contribution in [2.24, 2.45) is 5.92 Å². The van der Waals surface area contributed by atoms with Gasteiger partial charge in [0, 0.05) is 18.2 Å². The standard InChI is InChI=1S/C14H20N2O3/c1-15-8-7-11-9-16(14(17)19-10-11)12-3-5-13(18-2)6-4-12/h3-6,11,15H,7-10H2,1-2H3. The monoisotopic (exact) mass is 264 g/mol. The molecule has 0 aromatic heterocycles. The first-order valence-corrected chi connectivity index (χ1v) is 6.47. The Morgan fingerprint density at radius 1 is 1.42 bits per heavy atom. The van der Waals surface area contributed by atoms with Crippen LogP contribution in [-0.4, -0.2) is 39.9 Å². The van der Waals surface area contributed by atoms with Crippen molar-refractivity contribution < 1.29 is 14.3 Å². The van der Waals surface area contributed by atoms with Crippen LogP contribution in [0.2, 0.25) is 0 Å². The summed E-state index contributed by atoms with van der Waals surface area (Å²) in [5.41, 5.74) is 0.847. The maximum atomic E-state index is 11.8. The summed E-state index contributed by atoms with van der Waals surface area (Å²) < 4.78 is 10.4. The van der Waals surface area contributed by atoms with Crippen LogP contribution in [0.25, 0.3) is 0 Å². The van der Waals surface area contributed by atoms with E-state index in [-0.39, 0.29) is 6.09 Å². The van der Waals surface area contributed by atoms with Gasteiger partial charge in [0.15, 0.2) is 0 Å². The average molecular weight is 264 g/mol. The SMILES string of the molecule is CNCCC1COC(=O)N(c2ccc(OC)cc2)C1. The highest BCUT2D eigenvalue weighted by Crippen LogP contribution is 2.24. The number of methoxy groups -OCH3 is 1. The number of benzene rings is 1. The number of carbonyl (C=O) groups is 1. The number of nitrogens with zero attached hydrogens (tertiary/aromatic N) is 1. The molecule has 1 heterocycles. The van der Waals surface area contributed by atoms with Gasteiger partial charge in [0.05, 0.1) is 13.7 Å². The Bertz CT molecular complexity index is 419. The molecule has 1 saturated heterocycles. The lowest BCUT2D eigenvalue weighted by molar-refractivity contribution is 0.112. The zero-order chi connectivity index (χ0) is 13.7. The summed E-state index contributed by atoms with van der Waals surface area (Å²) in [6.45, 7) is 2.14. The van der Waals surface area contributed by atoms with Gasteiger partial charge < -0.3 is 14.8 Å². The third-order valence-corrected chi connectivity index (χ3v) is 3.29. The summed E-state index contributed by atoms with van der Waals surface area (Å²) in [5, 5.41) is 3.12. The predicted molar refractivity (Wildman–Crippen MR) is 73.7 cm³/mol. The first kappa shape index (κ1) is 13.7. The van der Waals surface area contributed by atoms with Crippen LogP contribution >= 0.6 is 0 Å². The van der Waals surface area contributed by atoms with E-state index in [1.54, 1.807) is 12.0 Å². The molecule has 2 rings (SSSR count). The Morgan fingerprint density at radius 2 is 2.16 bits per heavy atom. The Morgan fingerprint density at radius 3 is 2.79 bits per heavy atom. The fourth-order valence-corrected chi connectivity index (χ4v) is 2.15. The van der Waals surface area contributed by atoms with Crippen LogP contribution in [0.5, 0.6) is 5.75 Å². The van der Waals surface area contributed by atoms with E-state index in [4.69, 9.17) is 9.47 Å². The summed E-state index contributed by atoms with van der Waals surface area (Å²) in [4.78, 5) is 13.5. The molecular formula is C14H20N2O3. The minimum absolute atomic E-state index is 0.272. The van der Waals surface area contributed by atoms with E-state index in [0.717, 1.165) is 24.4 Å². The van der Waals surface area contributed by atoms with Gasteiger partial charge in [-0.05, 0) is 44.3 Å². The number of rotatable bonds is 5. The molecule has 0 radical (unpaired) electrons. The summed E-state index contributed by atoms with van der Waals surface area (Å²) in [5.74, 6) is 1.15. The van der Waals surface area contributed by atoms with Gasteiger partial charge in [0.1, 0.15) is 5.75 Å². The van der Waals surface area contributed by atoms with Gasteiger partial charge in [-0.1, -0.05) is 0 Å². The number of hydrogen-bond acceptors (Lipinski definition) is 4. The third-order valence-electron chi connectivity index (χ3n) is 3.29. The molecule has 1 atom stereocenters. The molecule has 1 aromatic rings. The summed E-state index contributed by atoms with van der Waals surface area (Å²) in [6.07, 6.45) is 0.724. The van der Waals surface area contributed by atoms with Crippen molar-refractivity contribution in [3.63, 3.8) is 0 Å². The Balaban J connectivity index is 2.05. The molecule has 0 saturated carbocycles. The van der Waals surface area contributed by atoms with Gasteiger partial charge in [-0.3, -0.25) is 4.90 Å². The van der Waals surface area contributed by atoms with Gasteiger partial charge in [0.25, 0.3) is 0 Å². The lowest BCUT2D eigenvalue weighted by Gasteiger charge is -2.32. The topological polar surface area (TPSA) is 50.8 Å². The van der Waals surface area contributed by atoms with Crippen molar-refractivity contribution in [2.45, 2.75) is 6.42 Å². The average Bonchev–Trinajstić information content (AvgIpc) is 2.46. The minimum Gasteiger partial charge on any atom is -0.497 e. The van der Waals surface area contributed by atoms with Gasteiger partial charge in [-0.2, -0.15) is 0 Å². The second-order valence-corrected chi connectivity index (χ2v) is 4.64. The van der Waals surface area contributed by atoms with E-state index in [0.29, 0.717) is 19.1 Å². The van der Waals surface area contributed by atoms with Crippen LogP contribution in [0, 0.1) is 5.92 Å². The van der Waals surface area contributed by atoms with Gasteiger partial charge in [-0.15, -0.1) is 0 Å². The minimum atomic E-state index is -0.272. The van der Waals surface area contributed by atoms with Crippen molar-refractivity contribution in [3.05, 3.63) is 24.3 Å². The van der Waals surface area contributed by atoms with E-state index in [1.807, 2.05) is 31.3 Å². The van der Waals surface area contributed by atoms with Crippen LogP contribution in [0.1, 0.15) is 6.42 Å². The van der Waals surface area contributed by atoms with Crippen molar-refractivity contribution in [1.82, 2.24) is 5.32 Å². The molecule has 0 spiro atoms. The molecule has 1 N–H and O–H groups in total. The molecule has 0 bridgehead atoms. The molecule has 1 aliphatic rings. The molecule has 19 heavy (non-hydrogen) atoms. The van der Waals surface area contributed by atoms with Crippen LogP contribution in [0.15, 0.2) is 24.3 Å². The fraction of sp³-hybridized carbons (Fsp3) is 0.500. The van der Waals surface area contributed by atoms with E-state index in [9.17, 15) is 4.79 Å². The van der Waals surface area contributed by atoms with Crippen LogP contribution in [-0.2, 0) is 4.74 Å².